The van der Waals surface area contributed by atoms with Gasteiger partial charge in [-0.1, -0.05) is 0 Å². The number of fused-ring (bicyclic) bond motifs is 2. The van der Waals surface area contributed by atoms with Crippen LogP contribution < -0.4 is 4.74 Å². The molecule has 0 saturated carbocycles. The molecule has 8 heteroatoms. The van der Waals surface area contributed by atoms with Crippen LogP contribution in [0.25, 0.3) is 0 Å². The number of likely N-dealkylation sites (tertiary alicyclic amines) is 1. The van der Waals surface area contributed by atoms with Crippen molar-refractivity contribution in [2.75, 3.05) is 33.4 Å². The van der Waals surface area contributed by atoms with E-state index < -0.39 is 0 Å². The van der Waals surface area contributed by atoms with Crippen molar-refractivity contribution in [1.82, 2.24) is 9.80 Å². The smallest absolute Gasteiger partial charge is 0.260 e. The molecular weight excluding hydrogens is 403 g/mol. The fraction of sp³-hybridized carbons (Fsp3) is 0.652. The Balaban J connectivity index is 1.19. The number of halogens is 1. The maximum absolute atomic E-state index is 12.9. The molecular formula is C23H31FN2O5. The number of rotatable bonds is 7. The molecule has 4 rings (SSSR count). The maximum atomic E-state index is 12.9. The predicted molar refractivity (Wildman–Crippen MR) is 111 cm³/mol. The van der Waals surface area contributed by atoms with Gasteiger partial charge < -0.3 is 24.0 Å². The molecule has 1 aromatic carbocycles. The number of ether oxygens (including phenoxy) is 3. The van der Waals surface area contributed by atoms with Gasteiger partial charge in [-0.15, -0.1) is 0 Å². The van der Waals surface area contributed by atoms with E-state index in [0.29, 0.717) is 18.8 Å². The summed E-state index contributed by atoms with van der Waals surface area (Å²) in [6.45, 7) is 1.40. The molecule has 3 aliphatic rings. The summed E-state index contributed by atoms with van der Waals surface area (Å²) < 4.78 is 29.8. The zero-order chi connectivity index (χ0) is 21.8. The second kappa shape index (κ2) is 9.96. The minimum absolute atomic E-state index is 0.0471. The van der Waals surface area contributed by atoms with Gasteiger partial charge in [0.15, 0.2) is 6.61 Å². The molecule has 170 valence electrons. The number of nitrogens with zero attached hydrogens (tertiary/aromatic N) is 2. The average molecular weight is 435 g/mol. The summed E-state index contributed by atoms with van der Waals surface area (Å²) in [6.07, 6.45) is 5.79. The highest BCUT2D eigenvalue weighted by atomic mass is 19.1. The van der Waals surface area contributed by atoms with Gasteiger partial charge in [0.25, 0.3) is 5.91 Å². The molecule has 0 aliphatic carbocycles. The molecule has 0 radical (unpaired) electrons. The van der Waals surface area contributed by atoms with Crippen LogP contribution in [0.5, 0.6) is 5.75 Å². The number of amides is 2. The lowest BCUT2D eigenvalue weighted by Crippen LogP contribution is -2.51. The molecule has 3 saturated heterocycles. The van der Waals surface area contributed by atoms with E-state index >= 15 is 0 Å². The Morgan fingerprint density at radius 1 is 0.935 bits per heavy atom. The molecule has 31 heavy (non-hydrogen) atoms. The van der Waals surface area contributed by atoms with E-state index in [1.54, 1.807) is 12.0 Å². The average Bonchev–Trinajstić information content (AvgIpc) is 3.04. The Hall–Kier alpha value is -2.19. The summed E-state index contributed by atoms with van der Waals surface area (Å²) in [5.41, 5.74) is 0. The highest BCUT2D eigenvalue weighted by Gasteiger charge is 2.44. The lowest BCUT2D eigenvalue weighted by atomic mass is 9.98. The van der Waals surface area contributed by atoms with Crippen LogP contribution in [0.4, 0.5) is 4.39 Å². The number of benzene rings is 1. The number of hydrogen-bond acceptors (Lipinski definition) is 5. The first kappa shape index (κ1) is 22.0. The number of piperidine rings is 2. The van der Waals surface area contributed by atoms with E-state index in [-0.39, 0.29) is 55.1 Å². The van der Waals surface area contributed by atoms with Crippen LogP contribution in [0.1, 0.15) is 38.5 Å². The normalized spacial score (nSPS) is 26.2. The Kier molecular flexibility index (Phi) is 7.07. The van der Waals surface area contributed by atoms with E-state index in [1.807, 2.05) is 4.90 Å². The van der Waals surface area contributed by atoms with E-state index in [2.05, 4.69) is 0 Å². The van der Waals surface area contributed by atoms with Crippen molar-refractivity contribution in [3.8, 4) is 5.75 Å². The molecule has 3 atom stereocenters. The molecule has 0 N–H and O–H groups in total. The van der Waals surface area contributed by atoms with Crippen LogP contribution in [0.2, 0.25) is 0 Å². The molecule has 1 unspecified atom stereocenters. The number of carbonyl (C=O) groups excluding carboxylic acids is 2. The van der Waals surface area contributed by atoms with E-state index in [4.69, 9.17) is 14.2 Å². The molecule has 3 heterocycles. The molecule has 7 nitrogen and oxygen atoms in total. The highest BCUT2D eigenvalue weighted by molar-refractivity contribution is 5.78. The minimum Gasteiger partial charge on any atom is -0.484 e. The molecule has 3 aliphatic heterocycles. The molecule has 0 spiro atoms. The lowest BCUT2D eigenvalue weighted by Gasteiger charge is -2.41. The van der Waals surface area contributed by atoms with Crippen LogP contribution in [-0.2, 0) is 19.1 Å². The van der Waals surface area contributed by atoms with Crippen LogP contribution >= 0.6 is 0 Å². The number of hydrogen-bond donors (Lipinski definition) is 0. The monoisotopic (exact) mass is 434 g/mol. The third kappa shape index (κ3) is 5.36. The van der Waals surface area contributed by atoms with E-state index in [9.17, 15) is 14.0 Å². The Morgan fingerprint density at radius 3 is 2.19 bits per heavy atom. The third-order valence-electron chi connectivity index (χ3n) is 6.60. The SMILES string of the molecule is COCC(=O)N1[C@@H]2CC[C@H]1CC(OC1CCN(C(=O)COc3ccc(F)cc3)CC1)C2. The molecule has 2 amide bonds. The Morgan fingerprint density at radius 2 is 1.58 bits per heavy atom. The van der Waals surface area contributed by atoms with E-state index in [1.165, 1.54) is 24.3 Å². The van der Waals surface area contributed by atoms with Crippen molar-refractivity contribution in [2.45, 2.75) is 62.8 Å². The van der Waals surface area contributed by atoms with Crippen LogP contribution in [0, 0.1) is 5.82 Å². The van der Waals surface area contributed by atoms with Gasteiger partial charge in [0, 0.05) is 32.3 Å². The maximum Gasteiger partial charge on any atom is 0.260 e. The first-order chi connectivity index (χ1) is 15.0. The van der Waals surface area contributed by atoms with Crippen LogP contribution in [0.15, 0.2) is 24.3 Å². The lowest BCUT2D eigenvalue weighted by molar-refractivity contribution is -0.145. The second-order valence-corrected chi connectivity index (χ2v) is 8.67. The summed E-state index contributed by atoms with van der Waals surface area (Å²) in [6, 6.07) is 6.18. The van der Waals surface area contributed by atoms with Gasteiger partial charge in [0.05, 0.1) is 12.2 Å². The van der Waals surface area contributed by atoms with Gasteiger partial charge in [-0.2, -0.15) is 0 Å². The van der Waals surface area contributed by atoms with Crippen molar-refractivity contribution in [1.29, 1.82) is 0 Å². The van der Waals surface area contributed by atoms with Gasteiger partial charge in [-0.25, -0.2) is 4.39 Å². The zero-order valence-electron chi connectivity index (χ0n) is 18.0. The quantitative estimate of drug-likeness (QED) is 0.659. The number of methoxy groups -OCH3 is 1. The fourth-order valence-electron chi connectivity index (χ4n) is 5.12. The first-order valence-electron chi connectivity index (χ1n) is 11.1. The van der Waals surface area contributed by atoms with Crippen molar-refractivity contribution < 1.29 is 28.2 Å². The van der Waals surface area contributed by atoms with Gasteiger partial charge in [0.2, 0.25) is 5.91 Å². The standard InChI is InChI=1S/C23H31FN2O5/c1-29-14-23(28)26-17-4-5-18(26)13-21(12-17)31-20-8-10-25(11-9-20)22(27)15-30-19-6-2-16(24)3-7-19/h2-3,6-7,17-18,20-21H,4-5,8-15H2,1H3/t17-,18+,21?. The summed E-state index contributed by atoms with van der Waals surface area (Å²) in [4.78, 5) is 28.6. The third-order valence-corrected chi connectivity index (χ3v) is 6.60. The number of carbonyl (C=O) groups is 2. The van der Waals surface area contributed by atoms with Crippen LogP contribution in [0.3, 0.4) is 0 Å². The van der Waals surface area contributed by atoms with Crippen molar-refractivity contribution in [3.05, 3.63) is 30.1 Å². The van der Waals surface area contributed by atoms with Gasteiger partial charge >= 0.3 is 0 Å². The van der Waals surface area contributed by atoms with E-state index in [0.717, 1.165) is 38.5 Å². The molecule has 2 bridgehead atoms. The van der Waals surface area contributed by atoms with Crippen LogP contribution in [-0.4, -0.2) is 79.3 Å². The predicted octanol–water partition coefficient (Wildman–Crippen LogP) is 2.38. The molecule has 1 aromatic rings. The Labute approximate surface area is 182 Å². The topological polar surface area (TPSA) is 68.3 Å². The first-order valence-corrected chi connectivity index (χ1v) is 11.1. The summed E-state index contributed by atoms with van der Waals surface area (Å²) in [7, 11) is 1.56. The zero-order valence-corrected chi connectivity index (χ0v) is 18.0. The van der Waals surface area contributed by atoms with Gasteiger partial charge in [0.1, 0.15) is 18.2 Å². The van der Waals surface area contributed by atoms with Crippen molar-refractivity contribution in [2.24, 2.45) is 0 Å². The Bertz CT molecular complexity index is 752. The van der Waals surface area contributed by atoms with Gasteiger partial charge in [-0.05, 0) is 62.8 Å². The fourth-order valence-corrected chi connectivity index (χ4v) is 5.12. The molecule has 0 aromatic heterocycles. The van der Waals surface area contributed by atoms with Crippen molar-refractivity contribution >= 4 is 11.8 Å². The largest absolute Gasteiger partial charge is 0.484 e. The summed E-state index contributed by atoms with van der Waals surface area (Å²) in [5.74, 6) is 0.174. The highest BCUT2D eigenvalue weighted by Crippen LogP contribution is 2.38. The van der Waals surface area contributed by atoms with Gasteiger partial charge in [-0.3, -0.25) is 9.59 Å². The summed E-state index contributed by atoms with van der Waals surface area (Å²) in [5, 5.41) is 0. The van der Waals surface area contributed by atoms with Crippen molar-refractivity contribution in [3.63, 3.8) is 0 Å². The molecule has 3 fully saturated rings. The summed E-state index contributed by atoms with van der Waals surface area (Å²) >= 11 is 0. The minimum atomic E-state index is -0.332. The second-order valence-electron chi connectivity index (χ2n) is 8.67.